The molecule has 182 valence electrons. The molecule has 0 aliphatic carbocycles. The molecule has 0 bridgehead atoms. The Bertz CT molecular complexity index is 1320. The van der Waals surface area contributed by atoms with Crippen molar-refractivity contribution in [2.45, 2.75) is 12.4 Å². The van der Waals surface area contributed by atoms with Crippen molar-refractivity contribution in [3.05, 3.63) is 71.8 Å². The number of halogens is 5. The predicted molar refractivity (Wildman–Crippen MR) is 109 cm³/mol. The molecular formula is C21H13F5N4O5. The van der Waals surface area contributed by atoms with Gasteiger partial charge in [-0.2, -0.15) is 8.78 Å². The van der Waals surface area contributed by atoms with Gasteiger partial charge >= 0.3 is 18.4 Å². The number of alkyl halides is 4. The van der Waals surface area contributed by atoms with Crippen LogP contribution in [0.2, 0.25) is 0 Å². The van der Waals surface area contributed by atoms with Crippen molar-refractivity contribution in [3.63, 3.8) is 0 Å². The molecule has 14 heteroatoms. The highest BCUT2D eigenvalue weighted by atomic mass is 19.3. The van der Waals surface area contributed by atoms with E-state index in [0.717, 1.165) is 24.3 Å². The standard InChI is InChI=1S/C21H13F5N4O5/c22-14-8-11(33-12-5-6-28-16(9-12)18(27)31)2-3-15(14)30-19(32)29-10-1-4-17-13(7-10)20(23,24)35-21(25,26)34-17/h1-9H,(H2,27,31)(H2,29,30,32). The largest absolute Gasteiger partial charge is 0.540 e. The molecule has 35 heavy (non-hydrogen) atoms. The average Bonchev–Trinajstić information content (AvgIpc) is 2.75. The number of benzene rings is 2. The number of urea groups is 1. The molecule has 3 amide bonds. The summed E-state index contributed by atoms with van der Waals surface area (Å²) in [5.41, 5.74) is 3.50. The SMILES string of the molecule is NC(=O)c1cc(Oc2ccc(NC(=O)Nc3ccc4c(c3)C(F)(F)OC(F)(F)O4)c(F)c2)ccn1. The predicted octanol–water partition coefficient (Wildman–Crippen LogP) is 4.76. The fourth-order valence-corrected chi connectivity index (χ4v) is 2.97. The second-order valence-corrected chi connectivity index (χ2v) is 6.96. The lowest BCUT2D eigenvalue weighted by Gasteiger charge is -2.30. The van der Waals surface area contributed by atoms with Crippen LogP contribution in [-0.2, 0) is 10.8 Å². The minimum absolute atomic E-state index is 0.0174. The summed E-state index contributed by atoms with van der Waals surface area (Å²) in [5.74, 6) is -2.36. The van der Waals surface area contributed by atoms with Crippen LogP contribution in [0.4, 0.5) is 38.1 Å². The van der Waals surface area contributed by atoms with Gasteiger partial charge in [0.1, 0.15) is 28.8 Å². The number of ether oxygens (including phenoxy) is 3. The molecule has 4 N–H and O–H groups in total. The molecule has 0 spiro atoms. The van der Waals surface area contributed by atoms with Gasteiger partial charge in [0.25, 0.3) is 5.91 Å². The number of carbonyl (C=O) groups excluding carboxylic acids is 2. The number of pyridine rings is 1. The third-order valence-electron chi connectivity index (χ3n) is 4.44. The van der Waals surface area contributed by atoms with Gasteiger partial charge in [-0.25, -0.2) is 13.9 Å². The number of aromatic nitrogens is 1. The smallest absolute Gasteiger partial charge is 0.457 e. The van der Waals surface area contributed by atoms with Gasteiger partial charge in [0, 0.05) is 24.0 Å². The minimum Gasteiger partial charge on any atom is -0.457 e. The Morgan fingerprint density at radius 1 is 0.971 bits per heavy atom. The molecule has 3 aromatic rings. The molecular weight excluding hydrogens is 483 g/mol. The topological polar surface area (TPSA) is 125 Å². The van der Waals surface area contributed by atoms with Crippen LogP contribution in [0.15, 0.2) is 54.7 Å². The number of nitrogens with one attached hydrogen (secondary N) is 2. The lowest BCUT2D eigenvalue weighted by molar-refractivity contribution is -0.461. The number of nitrogens with two attached hydrogens (primary N) is 1. The Morgan fingerprint density at radius 2 is 1.71 bits per heavy atom. The maximum Gasteiger partial charge on any atom is 0.540 e. The number of carbonyl (C=O) groups is 2. The molecule has 0 saturated carbocycles. The van der Waals surface area contributed by atoms with Crippen molar-refractivity contribution in [2.24, 2.45) is 5.73 Å². The highest BCUT2D eigenvalue weighted by Gasteiger charge is 2.54. The first-order valence-electron chi connectivity index (χ1n) is 9.52. The Balaban J connectivity index is 1.44. The summed E-state index contributed by atoms with van der Waals surface area (Å²) in [6.07, 6.45) is -7.65. The average molecular weight is 496 g/mol. The number of nitrogens with zero attached hydrogens (tertiary/aromatic N) is 1. The Kier molecular flexibility index (Phi) is 5.90. The molecule has 0 fully saturated rings. The Hall–Kier alpha value is -4.46. The van der Waals surface area contributed by atoms with E-state index in [9.17, 15) is 31.5 Å². The third kappa shape index (κ3) is 5.38. The van der Waals surface area contributed by atoms with Crippen LogP contribution in [0.3, 0.4) is 0 Å². The van der Waals surface area contributed by atoms with E-state index in [1.807, 2.05) is 0 Å². The van der Waals surface area contributed by atoms with Crippen molar-refractivity contribution < 1.29 is 45.8 Å². The molecule has 0 radical (unpaired) electrons. The lowest BCUT2D eigenvalue weighted by atomic mass is 10.1. The minimum atomic E-state index is -4.53. The highest BCUT2D eigenvalue weighted by molar-refractivity contribution is 6.00. The summed E-state index contributed by atoms with van der Waals surface area (Å²) in [6.45, 7) is 0. The van der Waals surface area contributed by atoms with Crippen molar-refractivity contribution in [1.29, 1.82) is 0 Å². The number of rotatable bonds is 5. The van der Waals surface area contributed by atoms with Crippen LogP contribution in [-0.4, -0.2) is 23.2 Å². The fourth-order valence-electron chi connectivity index (χ4n) is 2.97. The van der Waals surface area contributed by atoms with Gasteiger partial charge in [-0.1, -0.05) is 0 Å². The third-order valence-corrected chi connectivity index (χ3v) is 4.44. The zero-order chi connectivity index (χ0) is 25.4. The summed E-state index contributed by atoms with van der Waals surface area (Å²) in [4.78, 5) is 27.1. The normalized spacial score (nSPS) is 15.3. The summed E-state index contributed by atoms with van der Waals surface area (Å²) >= 11 is 0. The molecule has 0 saturated heterocycles. The lowest BCUT2D eigenvalue weighted by Crippen LogP contribution is -2.41. The number of hydrogen-bond acceptors (Lipinski definition) is 6. The maximum absolute atomic E-state index is 14.4. The number of amides is 3. The maximum atomic E-state index is 14.4. The van der Waals surface area contributed by atoms with Crippen molar-refractivity contribution in [1.82, 2.24) is 4.98 Å². The van der Waals surface area contributed by atoms with Gasteiger partial charge < -0.3 is 25.8 Å². The van der Waals surface area contributed by atoms with E-state index < -0.39 is 41.5 Å². The molecule has 1 aliphatic rings. The summed E-state index contributed by atoms with van der Waals surface area (Å²) in [6, 6.07) is 7.53. The van der Waals surface area contributed by atoms with Gasteiger partial charge in [-0.05, 0) is 36.4 Å². The number of anilines is 2. The zero-order valence-electron chi connectivity index (χ0n) is 17.2. The van der Waals surface area contributed by atoms with E-state index in [1.54, 1.807) is 0 Å². The van der Waals surface area contributed by atoms with E-state index in [2.05, 4.69) is 25.1 Å². The summed E-state index contributed by atoms with van der Waals surface area (Å²) in [5, 5.41) is 4.33. The zero-order valence-corrected chi connectivity index (χ0v) is 17.2. The fraction of sp³-hybridized carbons (Fsp3) is 0.0952. The van der Waals surface area contributed by atoms with Crippen molar-refractivity contribution in [3.8, 4) is 17.2 Å². The Morgan fingerprint density at radius 3 is 2.43 bits per heavy atom. The van der Waals surface area contributed by atoms with E-state index in [1.165, 1.54) is 24.4 Å². The van der Waals surface area contributed by atoms with Crippen molar-refractivity contribution in [2.75, 3.05) is 10.6 Å². The van der Waals surface area contributed by atoms with Gasteiger partial charge in [0.2, 0.25) is 0 Å². The first-order valence-corrected chi connectivity index (χ1v) is 9.52. The monoisotopic (exact) mass is 496 g/mol. The van der Waals surface area contributed by atoms with Crippen LogP contribution >= 0.6 is 0 Å². The van der Waals surface area contributed by atoms with E-state index >= 15 is 0 Å². The Labute approximate surface area is 192 Å². The molecule has 1 aromatic heterocycles. The first kappa shape index (κ1) is 23.7. The molecule has 2 aromatic carbocycles. The van der Waals surface area contributed by atoms with Crippen LogP contribution in [0, 0.1) is 5.82 Å². The summed E-state index contributed by atoms with van der Waals surface area (Å²) in [7, 11) is 0. The highest BCUT2D eigenvalue weighted by Crippen LogP contribution is 2.46. The molecule has 4 rings (SSSR count). The van der Waals surface area contributed by atoms with Crippen LogP contribution in [0.5, 0.6) is 17.2 Å². The van der Waals surface area contributed by atoms with Gasteiger partial charge in [0.05, 0.1) is 11.3 Å². The second-order valence-electron chi connectivity index (χ2n) is 6.96. The first-order chi connectivity index (χ1) is 16.4. The second kappa shape index (κ2) is 8.72. The van der Waals surface area contributed by atoms with Gasteiger partial charge in [0.15, 0.2) is 0 Å². The summed E-state index contributed by atoms with van der Waals surface area (Å²) < 4.78 is 81.2. The number of primary amides is 1. The quantitative estimate of drug-likeness (QED) is 0.438. The van der Waals surface area contributed by atoms with E-state index in [4.69, 9.17) is 10.5 Å². The molecule has 2 heterocycles. The van der Waals surface area contributed by atoms with Gasteiger partial charge in [-0.15, -0.1) is 8.78 Å². The molecule has 9 nitrogen and oxygen atoms in total. The van der Waals surface area contributed by atoms with Crippen LogP contribution in [0.1, 0.15) is 16.1 Å². The van der Waals surface area contributed by atoms with Gasteiger partial charge in [-0.3, -0.25) is 9.78 Å². The van der Waals surface area contributed by atoms with Crippen LogP contribution in [0.25, 0.3) is 0 Å². The van der Waals surface area contributed by atoms with E-state index in [0.29, 0.717) is 6.07 Å². The number of hydrogen-bond donors (Lipinski definition) is 3. The molecule has 0 atom stereocenters. The van der Waals surface area contributed by atoms with Crippen LogP contribution < -0.4 is 25.8 Å². The van der Waals surface area contributed by atoms with Crippen molar-refractivity contribution >= 4 is 23.3 Å². The number of fused-ring (bicyclic) bond motifs is 1. The molecule has 1 aliphatic heterocycles. The molecule has 0 unspecified atom stereocenters. The van der Waals surface area contributed by atoms with E-state index in [-0.39, 0.29) is 28.6 Å².